The molecule has 90 valence electrons. The maximum Gasteiger partial charge on any atom is 0.287 e. The van der Waals surface area contributed by atoms with Crippen molar-refractivity contribution in [1.29, 1.82) is 0 Å². The third-order valence-corrected chi connectivity index (χ3v) is 2.84. The Labute approximate surface area is 105 Å². The van der Waals surface area contributed by atoms with Crippen LogP contribution in [0.15, 0.2) is 28.7 Å². The number of nitrogens with two attached hydrogens (primary N) is 1. The number of hydrogen-bond acceptors (Lipinski definition) is 2. The maximum atomic E-state index is 13.4. The number of nitrogens with one attached hydrogen (secondary N) is 1. The van der Waals surface area contributed by atoms with Crippen molar-refractivity contribution in [2.75, 3.05) is 5.73 Å². The first-order valence-electron chi connectivity index (χ1n) is 4.87. The third-order valence-electron chi connectivity index (χ3n) is 2.35. The van der Waals surface area contributed by atoms with E-state index >= 15 is 0 Å². The zero-order valence-corrected chi connectivity index (χ0v) is 10.6. The molecule has 0 saturated heterocycles. The van der Waals surface area contributed by atoms with Gasteiger partial charge in [0, 0.05) is 11.4 Å². The van der Waals surface area contributed by atoms with Crippen molar-refractivity contribution in [2.45, 2.75) is 12.8 Å². The largest absolute Gasteiger partial charge is 0.382 e. The lowest BCUT2D eigenvalue weighted by molar-refractivity contribution is 0.0133. The lowest BCUT2D eigenvalue weighted by atomic mass is 10.0. The smallest absolute Gasteiger partial charge is 0.287 e. The van der Waals surface area contributed by atoms with Crippen LogP contribution in [-0.2, 0) is 5.92 Å². The van der Waals surface area contributed by atoms with Crippen LogP contribution in [-0.4, -0.2) is 10.2 Å². The summed E-state index contributed by atoms with van der Waals surface area (Å²) in [5.74, 6) is -2.94. The molecule has 0 aliphatic heterocycles. The van der Waals surface area contributed by atoms with Crippen LogP contribution in [0.1, 0.15) is 12.6 Å². The number of aromatic nitrogens is 2. The molecule has 0 aliphatic rings. The number of halogens is 3. The van der Waals surface area contributed by atoms with Gasteiger partial charge in [0.2, 0.25) is 0 Å². The van der Waals surface area contributed by atoms with Gasteiger partial charge in [-0.15, -0.1) is 0 Å². The third kappa shape index (κ3) is 2.31. The monoisotopic (exact) mass is 301 g/mol. The molecule has 0 aliphatic carbocycles. The number of H-pyrrole nitrogens is 1. The molecule has 1 aromatic heterocycles. The van der Waals surface area contributed by atoms with Crippen molar-refractivity contribution in [3.63, 3.8) is 0 Å². The molecule has 0 atom stereocenters. The fraction of sp³-hybridized carbons (Fsp3) is 0.182. The molecule has 0 fully saturated rings. The Morgan fingerprint density at radius 1 is 1.41 bits per heavy atom. The summed E-state index contributed by atoms with van der Waals surface area (Å²) in [4.78, 5) is 0. The minimum Gasteiger partial charge on any atom is -0.382 e. The number of rotatable bonds is 2. The normalized spacial score (nSPS) is 11.8. The average molecular weight is 302 g/mol. The Kier molecular flexibility index (Phi) is 2.91. The summed E-state index contributed by atoms with van der Waals surface area (Å²) in [6.07, 6.45) is 0. The van der Waals surface area contributed by atoms with Gasteiger partial charge in [0.15, 0.2) is 5.82 Å². The summed E-state index contributed by atoms with van der Waals surface area (Å²) in [5, 5.41) is 5.94. The van der Waals surface area contributed by atoms with Crippen LogP contribution >= 0.6 is 15.9 Å². The molecule has 0 unspecified atom stereocenters. The summed E-state index contributed by atoms with van der Waals surface area (Å²) in [5.41, 5.74) is 6.21. The van der Waals surface area contributed by atoms with E-state index in [0.29, 0.717) is 5.56 Å². The van der Waals surface area contributed by atoms with Crippen molar-refractivity contribution in [3.05, 3.63) is 34.4 Å². The van der Waals surface area contributed by atoms with Gasteiger partial charge in [-0.2, -0.15) is 13.9 Å². The van der Waals surface area contributed by atoms with Crippen LogP contribution < -0.4 is 5.73 Å². The Bertz CT molecular complexity index is 546. The van der Waals surface area contributed by atoms with E-state index in [2.05, 4.69) is 26.1 Å². The van der Waals surface area contributed by atoms with E-state index in [1.807, 2.05) is 6.07 Å². The quantitative estimate of drug-likeness (QED) is 0.891. The van der Waals surface area contributed by atoms with Crippen LogP contribution in [0, 0.1) is 0 Å². The Morgan fingerprint density at radius 2 is 2.12 bits per heavy atom. The molecular formula is C11H10BrF2N3. The molecule has 0 spiro atoms. The first kappa shape index (κ1) is 12.0. The highest BCUT2D eigenvalue weighted by Gasteiger charge is 2.32. The number of hydrogen-bond donors (Lipinski definition) is 2. The first-order chi connectivity index (χ1) is 7.89. The second-order valence-corrected chi connectivity index (χ2v) is 4.67. The van der Waals surface area contributed by atoms with E-state index in [1.165, 1.54) is 0 Å². The molecule has 2 aromatic rings. The second kappa shape index (κ2) is 4.10. The van der Waals surface area contributed by atoms with Crippen molar-refractivity contribution >= 4 is 21.7 Å². The highest BCUT2D eigenvalue weighted by molar-refractivity contribution is 9.10. The van der Waals surface area contributed by atoms with Crippen molar-refractivity contribution in [1.82, 2.24) is 10.2 Å². The van der Waals surface area contributed by atoms with Gasteiger partial charge in [-0.1, -0.05) is 28.1 Å². The maximum absolute atomic E-state index is 13.4. The molecule has 3 N–H and O–H groups in total. The molecule has 6 heteroatoms. The SMILES string of the molecule is CC(F)(F)c1[nH]nc(N)c1-c1cccc(Br)c1. The van der Waals surface area contributed by atoms with Crippen molar-refractivity contribution in [3.8, 4) is 11.1 Å². The average Bonchev–Trinajstić information content (AvgIpc) is 2.59. The van der Waals surface area contributed by atoms with Gasteiger partial charge in [0.25, 0.3) is 5.92 Å². The summed E-state index contributed by atoms with van der Waals surface area (Å²) in [7, 11) is 0. The van der Waals surface area contributed by atoms with Gasteiger partial charge in [0.05, 0.1) is 5.56 Å². The topological polar surface area (TPSA) is 54.7 Å². The first-order valence-corrected chi connectivity index (χ1v) is 5.67. The van der Waals surface area contributed by atoms with Gasteiger partial charge in [-0.3, -0.25) is 5.10 Å². The predicted molar refractivity (Wildman–Crippen MR) is 65.7 cm³/mol. The van der Waals surface area contributed by atoms with Crippen LogP contribution in [0.2, 0.25) is 0 Å². The van der Waals surface area contributed by atoms with Crippen molar-refractivity contribution in [2.24, 2.45) is 0 Å². The molecule has 2 rings (SSSR count). The molecular weight excluding hydrogens is 292 g/mol. The van der Waals surface area contributed by atoms with E-state index in [4.69, 9.17) is 5.73 Å². The number of nitrogen functional groups attached to an aromatic ring is 1. The highest BCUT2D eigenvalue weighted by atomic mass is 79.9. The summed E-state index contributed by atoms with van der Waals surface area (Å²) in [6.45, 7) is 0.807. The zero-order valence-electron chi connectivity index (χ0n) is 8.97. The van der Waals surface area contributed by atoms with Crippen LogP contribution in [0.5, 0.6) is 0 Å². The number of aromatic amines is 1. The molecule has 1 heterocycles. The zero-order chi connectivity index (χ0) is 12.6. The van der Waals surface area contributed by atoms with E-state index in [9.17, 15) is 8.78 Å². The summed E-state index contributed by atoms with van der Waals surface area (Å²) < 4.78 is 27.5. The number of alkyl halides is 2. The van der Waals surface area contributed by atoms with E-state index < -0.39 is 5.92 Å². The van der Waals surface area contributed by atoms with Gasteiger partial charge >= 0.3 is 0 Å². The van der Waals surface area contributed by atoms with Gasteiger partial charge < -0.3 is 5.73 Å². The van der Waals surface area contributed by atoms with E-state index in [1.54, 1.807) is 18.2 Å². The Hall–Kier alpha value is -1.43. The number of benzene rings is 1. The van der Waals surface area contributed by atoms with Crippen LogP contribution in [0.25, 0.3) is 11.1 Å². The lowest BCUT2D eigenvalue weighted by Gasteiger charge is -2.11. The second-order valence-electron chi connectivity index (χ2n) is 3.76. The molecule has 17 heavy (non-hydrogen) atoms. The molecule has 0 saturated carbocycles. The summed E-state index contributed by atoms with van der Waals surface area (Å²) >= 11 is 3.29. The van der Waals surface area contributed by atoms with Gasteiger partial charge in [-0.25, -0.2) is 0 Å². The van der Waals surface area contributed by atoms with E-state index in [-0.39, 0.29) is 17.1 Å². The highest BCUT2D eigenvalue weighted by Crippen LogP contribution is 2.37. The minimum absolute atomic E-state index is 0.0691. The Morgan fingerprint density at radius 3 is 2.71 bits per heavy atom. The molecule has 0 amide bonds. The number of nitrogens with zero attached hydrogens (tertiary/aromatic N) is 1. The molecule has 3 nitrogen and oxygen atoms in total. The van der Waals surface area contributed by atoms with Crippen LogP contribution in [0.4, 0.5) is 14.6 Å². The summed E-state index contributed by atoms with van der Waals surface area (Å²) in [6, 6.07) is 6.99. The molecule has 1 aromatic carbocycles. The fourth-order valence-electron chi connectivity index (χ4n) is 1.61. The minimum atomic E-state index is -3.01. The lowest BCUT2D eigenvalue weighted by Crippen LogP contribution is -2.09. The number of anilines is 1. The molecule has 0 radical (unpaired) electrons. The van der Waals surface area contributed by atoms with Gasteiger partial charge in [0.1, 0.15) is 5.69 Å². The van der Waals surface area contributed by atoms with E-state index in [0.717, 1.165) is 11.4 Å². The Balaban J connectivity index is 2.63. The van der Waals surface area contributed by atoms with Crippen LogP contribution in [0.3, 0.4) is 0 Å². The fourth-order valence-corrected chi connectivity index (χ4v) is 2.01. The standard InChI is InChI=1S/C11H10BrF2N3/c1-11(13,14)9-8(10(15)17-16-9)6-3-2-4-7(12)5-6/h2-5H,1H3,(H3,15,16,17). The molecule has 0 bridgehead atoms. The predicted octanol–water partition coefficient (Wildman–Crippen LogP) is 3.53. The van der Waals surface area contributed by atoms with Crippen molar-refractivity contribution < 1.29 is 8.78 Å². The van der Waals surface area contributed by atoms with Gasteiger partial charge in [-0.05, 0) is 17.7 Å².